The number of halogens is 1. The lowest BCUT2D eigenvalue weighted by atomic mass is 10.2. The molecular formula is C20H21BrN4O. The summed E-state index contributed by atoms with van der Waals surface area (Å²) in [7, 11) is 4.01. The number of nitrogens with zero attached hydrogens (tertiary/aromatic N) is 3. The van der Waals surface area contributed by atoms with Gasteiger partial charge in [-0.25, -0.2) is 4.68 Å². The summed E-state index contributed by atoms with van der Waals surface area (Å²) in [6.45, 7) is 2.38. The highest BCUT2D eigenvalue weighted by Crippen LogP contribution is 2.17. The number of amides is 1. The molecule has 134 valence electrons. The highest BCUT2D eigenvalue weighted by atomic mass is 79.9. The Bertz CT molecular complexity index is 899. The van der Waals surface area contributed by atoms with Gasteiger partial charge in [-0.2, -0.15) is 5.10 Å². The molecule has 0 aliphatic rings. The van der Waals surface area contributed by atoms with Gasteiger partial charge >= 0.3 is 0 Å². The molecule has 0 saturated heterocycles. The molecule has 0 fully saturated rings. The van der Waals surface area contributed by atoms with Crippen molar-refractivity contribution in [1.29, 1.82) is 0 Å². The largest absolute Gasteiger partial charge is 0.378 e. The Morgan fingerprint density at radius 1 is 1.12 bits per heavy atom. The molecule has 1 amide bonds. The van der Waals surface area contributed by atoms with Crippen molar-refractivity contribution in [3.05, 3.63) is 76.0 Å². The van der Waals surface area contributed by atoms with E-state index in [2.05, 4.69) is 26.3 Å². The summed E-state index contributed by atoms with van der Waals surface area (Å²) in [6.07, 6.45) is 1.61. The molecule has 0 saturated carbocycles. The molecule has 0 atom stereocenters. The van der Waals surface area contributed by atoms with E-state index in [0.717, 1.165) is 27.1 Å². The van der Waals surface area contributed by atoms with Gasteiger partial charge < -0.3 is 10.2 Å². The van der Waals surface area contributed by atoms with Crippen LogP contribution in [0.15, 0.2) is 59.2 Å². The molecule has 5 nitrogen and oxygen atoms in total. The van der Waals surface area contributed by atoms with Crippen molar-refractivity contribution >= 4 is 27.5 Å². The fourth-order valence-electron chi connectivity index (χ4n) is 2.66. The number of carbonyl (C=O) groups excluding carboxylic acids is 1. The van der Waals surface area contributed by atoms with Crippen LogP contribution in [0.2, 0.25) is 0 Å². The first-order valence-electron chi connectivity index (χ1n) is 8.31. The van der Waals surface area contributed by atoms with Gasteiger partial charge in [-0.1, -0.05) is 28.1 Å². The van der Waals surface area contributed by atoms with Gasteiger partial charge in [0.1, 0.15) is 0 Å². The number of benzene rings is 2. The highest BCUT2D eigenvalue weighted by molar-refractivity contribution is 9.10. The van der Waals surface area contributed by atoms with Gasteiger partial charge in [0.15, 0.2) is 0 Å². The molecule has 1 N–H and O–H groups in total. The molecule has 0 aliphatic carbocycles. The highest BCUT2D eigenvalue weighted by Gasteiger charge is 2.15. The number of hydrogen-bond acceptors (Lipinski definition) is 3. The Labute approximate surface area is 161 Å². The summed E-state index contributed by atoms with van der Waals surface area (Å²) in [5.74, 6) is -0.123. The minimum atomic E-state index is -0.123. The summed E-state index contributed by atoms with van der Waals surface area (Å²) in [6, 6.07) is 15.9. The number of carbonyl (C=O) groups is 1. The van der Waals surface area contributed by atoms with Crippen LogP contribution < -0.4 is 10.2 Å². The average Bonchev–Trinajstić information content (AvgIpc) is 3.02. The van der Waals surface area contributed by atoms with E-state index in [0.29, 0.717) is 12.1 Å². The van der Waals surface area contributed by atoms with E-state index in [1.165, 1.54) is 0 Å². The Balaban J connectivity index is 1.69. The minimum absolute atomic E-state index is 0.123. The predicted octanol–water partition coefficient (Wildman–Crippen LogP) is 3.94. The third-order valence-corrected chi connectivity index (χ3v) is 4.76. The van der Waals surface area contributed by atoms with Gasteiger partial charge in [0.2, 0.25) is 0 Å². The van der Waals surface area contributed by atoms with E-state index in [1.54, 1.807) is 10.9 Å². The van der Waals surface area contributed by atoms with Crippen LogP contribution in [0.5, 0.6) is 0 Å². The predicted molar refractivity (Wildman–Crippen MR) is 108 cm³/mol. The number of nitrogens with one attached hydrogen (secondary N) is 1. The van der Waals surface area contributed by atoms with Crippen molar-refractivity contribution < 1.29 is 4.79 Å². The van der Waals surface area contributed by atoms with Crippen LogP contribution in [0.1, 0.15) is 21.6 Å². The summed E-state index contributed by atoms with van der Waals surface area (Å²) < 4.78 is 2.78. The lowest BCUT2D eigenvalue weighted by Gasteiger charge is -2.13. The summed E-state index contributed by atoms with van der Waals surface area (Å²) in [5.41, 5.74) is 4.50. The fourth-order valence-corrected chi connectivity index (χ4v) is 2.93. The second-order valence-corrected chi connectivity index (χ2v) is 7.19. The first-order valence-corrected chi connectivity index (χ1v) is 9.10. The Morgan fingerprint density at radius 3 is 2.38 bits per heavy atom. The van der Waals surface area contributed by atoms with Gasteiger partial charge in [-0.3, -0.25) is 4.79 Å². The standard InChI is InChI=1S/C20H21BrN4O/c1-14-19(13-23-25(14)18-10-6-16(21)7-11-18)20(26)22-12-15-4-8-17(9-5-15)24(2)3/h4-11,13H,12H2,1-3H3,(H,22,26). The average molecular weight is 413 g/mol. The molecule has 0 spiro atoms. The van der Waals surface area contributed by atoms with Crippen LogP contribution in [0.25, 0.3) is 5.69 Å². The van der Waals surface area contributed by atoms with Gasteiger partial charge in [-0.05, 0) is 48.9 Å². The first kappa shape index (κ1) is 18.2. The van der Waals surface area contributed by atoms with Crippen molar-refractivity contribution in [3.63, 3.8) is 0 Å². The van der Waals surface area contributed by atoms with Crippen LogP contribution in [0, 0.1) is 6.92 Å². The molecule has 0 radical (unpaired) electrons. The monoisotopic (exact) mass is 412 g/mol. The number of aromatic nitrogens is 2. The molecule has 0 aliphatic heterocycles. The van der Waals surface area contributed by atoms with Crippen molar-refractivity contribution in [2.75, 3.05) is 19.0 Å². The molecule has 3 rings (SSSR count). The molecule has 1 heterocycles. The van der Waals surface area contributed by atoms with Crippen molar-refractivity contribution in [2.45, 2.75) is 13.5 Å². The maximum Gasteiger partial charge on any atom is 0.255 e. The third kappa shape index (κ3) is 3.96. The van der Waals surface area contributed by atoms with E-state index in [-0.39, 0.29) is 5.91 Å². The normalized spacial score (nSPS) is 10.6. The maximum absolute atomic E-state index is 12.5. The number of rotatable bonds is 5. The van der Waals surface area contributed by atoms with Crippen LogP contribution >= 0.6 is 15.9 Å². The smallest absolute Gasteiger partial charge is 0.255 e. The van der Waals surface area contributed by atoms with Gasteiger partial charge in [0.05, 0.1) is 23.1 Å². The van der Waals surface area contributed by atoms with E-state index in [9.17, 15) is 4.79 Å². The molecule has 6 heteroatoms. The zero-order chi connectivity index (χ0) is 18.7. The Morgan fingerprint density at radius 2 is 1.77 bits per heavy atom. The summed E-state index contributed by atoms with van der Waals surface area (Å²) in [5, 5.41) is 7.32. The van der Waals surface area contributed by atoms with Crippen LogP contribution in [0.4, 0.5) is 5.69 Å². The van der Waals surface area contributed by atoms with Crippen molar-refractivity contribution in [1.82, 2.24) is 15.1 Å². The van der Waals surface area contributed by atoms with E-state index >= 15 is 0 Å². The topological polar surface area (TPSA) is 50.2 Å². The minimum Gasteiger partial charge on any atom is -0.378 e. The van der Waals surface area contributed by atoms with E-state index in [4.69, 9.17) is 0 Å². The molecule has 26 heavy (non-hydrogen) atoms. The first-order chi connectivity index (χ1) is 12.5. The van der Waals surface area contributed by atoms with E-state index < -0.39 is 0 Å². The zero-order valence-electron chi connectivity index (χ0n) is 15.0. The van der Waals surface area contributed by atoms with Gasteiger partial charge in [0, 0.05) is 30.8 Å². The molecule has 3 aromatic rings. The van der Waals surface area contributed by atoms with Gasteiger partial charge in [-0.15, -0.1) is 0 Å². The summed E-state index contributed by atoms with van der Waals surface area (Å²) in [4.78, 5) is 14.6. The van der Waals surface area contributed by atoms with Crippen LogP contribution in [-0.2, 0) is 6.54 Å². The Hall–Kier alpha value is -2.60. The SMILES string of the molecule is Cc1c(C(=O)NCc2ccc(N(C)C)cc2)cnn1-c1ccc(Br)cc1. The lowest BCUT2D eigenvalue weighted by Crippen LogP contribution is -2.23. The zero-order valence-corrected chi connectivity index (χ0v) is 16.6. The summed E-state index contributed by atoms with van der Waals surface area (Å²) >= 11 is 3.42. The molecule has 0 bridgehead atoms. The molecule has 2 aromatic carbocycles. The maximum atomic E-state index is 12.5. The van der Waals surface area contributed by atoms with Crippen molar-refractivity contribution in [3.8, 4) is 5.69 Å². The third-order valence-electron chi connectivity index (χ3n) is 4.23. The second-order valence-electron chi connectivity index (χ2n) is 6.28. The molecule has 1 aromatic heterocycles. The molecule has 0 unspecified atom stereocenters. The van der Waals surface area contributed by atoms with E-state index in [1.807, 2.05) is 74.4 Å². The Kier molecular flexibility index (Phi) is 5.42. The fraction of sp³-hybridized carbons (Fsp3) is 0.200. The molecular weight excluding hydrogens is 392 g/mol. The number of anilines is 1. The van der Waals surface area contributed by atoms with Crippen molar-refractivity contribution in [2.24, 2.45) is 0 Å². The lowest BCUT2D eigenvalue weighted by molar-refractivity contribution is 0.0950. The van der Waals surface area contributed by atoms with Crippen LogP contribution in [-0.4, -0.2) is 29.8 Å². The van der Waals surface area contributed by atoms with Crippen LogP contribution in [0.3, 0.4) is 0 Å². The quantitative estimate of drug-likeness (QED) is 0.690. The second kappa shape index (κ2) is 7.74. The number of hydrogen-bond donors (Lipinski definition) is 1. The van der Waals surface area contributed by atoms with Gasteiger partial charge in [0.25, 0.3) is 5.91 Å².